The molecule has 60 valence electrons. The van der Waals surface area contributed by atoms with Gasteiger partial charge in [-0.05, 0) is 29.0 Å². The molecular weight excluding hydrogens is 205 g/mol. The highest BCUT2D eigenvalue weighted by Crippen LogP contribution is 2.06. The van der Waals surface area contributed by atoms with E-state index >= 15 is 0 Å². The number of halogens is 2. The fourth-order valence-corrected chi connectivity index (χ4v) is 1.17. The standard InChI is InChI=1S/C5H5Cl2N3S/c6-4-8-3(1-2-11)9-5(7)10-4/h11H,1-2H2. The Morgan fingerprint density at radius 2 is 1.64 bits per heavy atom. The zero-order chi connectivity index (χ0) is 8.27. The summed E-state index contributed by atoms with van der Waals surface area (Å²) in [5.74, 6) is 1.24. The molecule has 0 radical (unpaired) electrons. The van der Waals surface area contributed by atoms with Gasteiger partial charge in [0.25, 0.3) is 0 Å². The van der Waals surface area contributed by atoms with E-state index in [9.17, 15) is 0 Å². The van der Waals surface area contributed by atoms with Crippen LogP contribution in [-0.2, 0) is 6.42 Å². The van der Waals surface area contributed by atoms with E-state index in [1.54, 1.807) is 0 Å². The van der Waals surface area contributed by atoms with Crippen molar-refractivity contribution in [3.8, 4) is 0 Å². The molecule has 1 aromatic heterocycles. The van der Waals surface area contributed by atoms with Gasteiger partial charge in [0.15, 0.2) is 0 Å². The quantitative estimate of drug-likeness (QED) is 0.754. The molecule has 0 aromatic carbocycles. The van der Waals surface area contributed by atoms with Gasteiger partial charge in [0, 0.05) is 6.42 Å². The van der Waals surface area contributed by atoms with Gasteiger partial charge in [0.05, 0.1) is 0 Å². The van der Waals surface area contributed by atoms with Gasteiger partial charge >= 0.3 is 0 Å². The minimum atomic E-state index is 0.127. The first-order chi connectivity index (χ1) is 5.22. The Kier molecular flexibility index (Phi) is 3.36. The van der Waals surface area contributed by atoms with Gasteiger partial charge in [0.2, 0.25) is 10.6 Å². The Balaban J connectivity index is 2.89. The Bertz CT molecular complexity index is 235. The average Bonchev–Trinajstić information content (AvgIpc) is 1.85. The summed E-state index contributed by atoms with van der Waals surface area (Å²) < 4.78 is 0. The van der Waals surface area contributed by atoms with Crippen molar-refractivity contribution in [3.05, 3.63) is 16.4 Å². The van der Waals surface area contributed by atoms with E-state index in [0.29, 0.717) is 18.0 Å². The first-order valence-corrected chi connectivity index (χ1v) is 4.28. The van der Waals surface area contributed by atoms with Crippen LogP contribution in [0, 0.1) is 0 Å². The summed E-state index contributed by atoms with van der Waals surface area (Å²) in [5.41, 5.74) is 0. The molecule has 1 aromatic rings. The average molecular weight is 210 g/mol. The summed E-state index contributed by atoms with van der Waals surface area (Å²) in [6, 6.07) is 0. The summed E-state index contributed by atoms with van der Waals surface area (Å²) >= 11 is 15.0. The van der Waals surface area contributed by atoms with Gasteiger partial charge in [-0.15, -0.1) is 0 Å². The highest BCUT2D eigenvalue weighted by Gasteiger charge is 2.00. The zero-order valence-corrected chi connectivity index (χ0v) is 7.87. The van der Waals surface area contributed by atoms with Gasteiger partial charge in [-0.25, -0.2) is 9.97 Å². The summed E-state index contributed by atoms with van der Waals surface area (Å²) in [6.45, 7) is 0. The maximum absolute atomic E-state index is 5.51. The van der Waals surface area contributed by atoms with Crippen molar-refractivity contribution in [2.75, 3.05) is 5.75 Å². The zero-order valence-electron chi connectivity index (χ0n) is 5.46. The second kappa shape index (κ2) is 4.09. The fourth-order valence-electron chi connectivity index (χ4n) is 0.576. The molecule has 0 fully saturated rings. The number of nitrogens with zero attached hydrogens (tertiary/aromatic N) is 3. The van der Waals surface area contributed by atoms with Crippen LogP contribution in [0.1, 0.15) is 5.82 Å². The molecular formula is C5H5Cl2N3S. The summed E-state index contributed by atoms with van der Waals surface area (Å²) in [4.78, 5) is 11.3. The molecule has 0 atom stereocenters. The minimum absolute atomic E-state index is 0.127. The fraction of sp³-hybridized carbons (Fsp3) is 0.400. The number of thiol groups is 1. The molecule has 0 unspecified atom stereocenters. The Morgan fingerprint density at radius 1 is 1.09 bits per heavy atom. The molecule has 0 spiro atoms. The third-order valence-corrected chi connectivity index (χ3v) is 1.52. The Labute approximate surface area is 79.6 Å². The Hall–Kier alpha value is -0.0600. The van der Waals surface area contributed by atoms with Crippen LogP contribution in [0.3, 0.4) is 0 Å². The third kappa shape index (κ3) is 2.81. The molecule has 0 bridgehead atoms. The van der Waals surface area contributed by atoms with Crippen LogP contribution in [0.25, 0.3) is 0 Å². The van der Waals surface area contributed by atoms with E-state index in [1.807, 2.05) is 0 Å². The third-order valence-electron chi connectivity index (χ3n) is 0.963. The van der Waals surface area contributed by atoms with Crippen molar-refractivity contribution >= 4 is 35.8 Å². The van der Waals surface area contributed by atoms with Crippen molar-refractivity contribution < 1.29 is 0 Å². The van der Waals surface area contributed by atoms with E-state index in [-0.39, 0.29) is 10.6 Å². The molecule has 3 nitrogen and oxygen atoms in total. The molecule has 0 N–H and O–H groups in total. The van der Waals surface area contributed by atoms with Crippen molar-refractivity contribution in [2.45, 2.75) is 6.42 Å². The molecule has 0 aliphatic rings. The van der Waals surface area contributed by atoms with Crippen molar-refractivity contribution in [3.63, 3.8) is 0 Å². The van der Waals surface area contributed by atoms with Crippen LogP contribution in [-0.4, -0.2) is 20.7 Å². The number of aryl methyl sites for hydroxylation is 1. The predicted octanol–water partition coefficient (Wildman–Crippen LogP) is 1.65. The lowest BCUT2D eigenvalue weighted by Crippen LogP contribution is -1.98. The summed E-state index contributed by atoms with van der Waals surface area (Å²) in [7, 11) is 0. The van der Waals surface area contributed by atoms with Crippen LogP contribution in [0.2, 0.25) is 10.6 Å². The van der Waals surface area contributed by atoms with E-state index < -0.39 is 0 Å². The second-order valence-corrected chi connectivity index (χ2v) is 2.89. The van der Waals surface area contributed by atoms with Gasteiger partial charge < -0.3 is 0 Å². The van der Waals surface area contributed by atoms with Crippen molar-refractivity contribution in [1.82, 2.24) is 15.0 Å². The van der Waals surface area contributed by atoms with Crippen LogP contribution >= 0.6 is 35.8 Å². The van der Waals surface area contributed by atoms with E-state index in [4.69, 9.17) is 23.2 Å². The van der Waals surface area contributed by atoms with Gasteiger partial charge in [-0.1, -0.05) is 0 Å². The molecule has 0 aliphatic carbocycles. The molecule has 0 amide bonds. The summed E-state index contributed by atoms with van der Waals surface area (Å²) in [5, 5.41) is 0.253. The first kappa shape index (κ1) is 9.03. The maximum atomic E-state index is 5.51. The van der Waals surface area contributed by atoms with Crippen molar-refractivity contribution in [2.24, 2.45) is 0 Å². The van der Waals surface area contributed by atoms with Gasteiger partial charge in [-0.2, -0.15) is 17.6 Å². The van der Waals surface area contributed by atoms with Crippen LogP contribution in [0.5, 0.6) is 0 Å². The normalized spacial score (nSPS) is 10.1. The number of hydrogen-bond donors (Lipinski definition) is 1. The lowest BCUT2D eigenvalue weighted by atomic mass is 10.5. The van der Waals surface area contributed by atoms with E-state index in [0.717, 1.165) is 0 Å². The highest BCUT2D eigenvalue weighted by atomic mass is 35.5. The lowest BCUT2D eigenvalue weighted by molar-refractivity contribution is 0.905. The van der Waals surface area contributed by atoms with Crippen LogP contribution in [0.15, 0.2) is 0 Å². The van der Waals surface area contributed by atoms with Gasteiger partial charge in [-0.3, -0.25) is 0 Å². The monoisotopic (exact) mass is 209 g/mol. The molecule has 0 aliphatic heterocycles. The molecule has 0 saturated carbocycles. The predicted molar refractivity (Wildman–Crippen MR) is 47.4 cm³/mol. The van der Waals surface area contributed by atoms with Crippen LogP contribution < -0.4 is 0 Å². The van der Waals surface area contributed by atoms with Gasteiger partial charge in [0.1, 0.15) is 5.82 Å². The number of rotatable bonds is 2. The Morgan fingerprint density at radius 3 is 2.09 bits per heavy atom. The minimum Gasteiger partial charge on any atom is -0.203 e. The smallest absolute Gasteiger partial charge is 0.203 e. The van der Waals surface area contributed by atoms with E-state index in [2.05, 4.69) is 27.6 Å². The van der Waals surface area contributed by atoms with Crippen LogP contribution in [0.4, 0.5) is 0 Å². The second-order valence-electron chi connectivity index (χ2n) is 1.76. The molecule has 1 heterocycles. The molecule has 11 heavy (non-hydrogen) atoms. The largest absolute Gasteiger partial charge is 0.226 e. The maximum Gasteiger partial charge on any atom is 0.226 e. The molecule has 1 rings (SSSR count). The summed E-state index contributed by atoms with van der Waals surface area (Å²) in [6.07, 6.45) is 0.644. The highest BCUT2D eigenvalue weighted by molar-refractivity contribution is 7.80. The van der Waals surface area contributed by atoms with E-state index in [1.165, 1.54) is 0 Å². The molecule has 0 saturated heterocycles. The SMILES string of the molecule is SCCc1nc(Cl)nc(Cl)n1. The number of aromatic nitrogens is 3. The topological polar surface area (TPSA) is 38.7 Å². The first-order valence-electron chi connectivity index (χ1n) is 2.89. The lowest BCUT2D eigenvalue weighted by Gasteiger charge is -1.96. The molecule has 6 heteroatoms. The number of hydrogen-bond acceptors (Lipinski definition) is 4. The van der Waals surface area contributed by atoms with Crippen molar-refractivity contribution in [1.29, 1.82) is 0 Å².